The molecule has 3 amide bonds. The number of nitrogens with one attached hydrogen (secondary N) is 2. The second-order valence-electron chi connectivity index (χ2n) is 9.99. The van der Waals surface area contributed by atoms with Crippen LogP contribution in [0.25, 0.3) is 0 Å². The molecule has 7 nitrogen and oxygen atoms in total. The van der Waals surface area contributed by atoms with E-state index in [-0.39, 0.29) is 23.0 Å². The first-order valence-corrected chi connectivity index (χ1v) is 12.2. The van der Waals surface area contributed by atoms with Gasteiger partial charge >= 0.3 is 6.03 Å². The first-order valence-electron chi connectivity index (χ1n) is 12.2. The minimum absolute atomic E-state index is 0.0210. The number of hydrogen-bond donors (Lipinski definition) is 3. The lowest BCUT2D eigenvalue weighted by molar-refractivity contribution is -0.121. The zero-order valence-corrected chi connectivity index (χ0v) is 19.5. The highest BCUT2D eigenvalue weighted by Crippen LogP contribution is 2.48. The third kappa shape index (κ3) is 4.25. The van der Waals surface area contributed by atoms with E-state index in [0.717, 1.165) is 44.9 Å². The average Bonchev–Trinajstić information content (AvgIpc) is 3.04. The minimum atomic E-state index is -0.755. The molecule has 0 unspecified atom stereocenters. The van der Waals surface area contributed by atoms with Gasteiger partial charge in [-0.15, -0.1) is 0 Å². The molecular formula is C25H38N4O3. The Bertz CT molecular complexity index is 816. The number of rotatable bonds is 8. The van der Waals surface area contributed by atoms with Crippen LogP contribution < -0.4 is 10.6 Å². The van der Waals surface area contributed by atoms with E-state index in [4.69, 9.17) is 0 Å². The fraction of sp³-hybridized carbons (Fsp3) is 0.680. The van der Waals surface area contributed by atoms with Gasteiger partial charge in [-0.2, -0.15) is 0 Å². The van der Waals surface area contributed by atoms with Gasteiger partial charge in [-0.3, -0.25) is 4.79 Å². The molecule has 3 N–H and O–H groups in total. The number of carbonyl (C=O) groups excluding carboxylic acids is 2. The van der Waals surface area contributed by atoms with E-state index in [9.17, 15) is 14.7 Å². The summed E-state index contributed by atoms with van der Waals surface area (Å²) in [5, 5.41) is 17.3. The topological polar surface area (TPSA) is 84.9 Å². The van der Waals surface area contributed by atoms with Gasteiger partial charge in [0.1, 0.15) is 0 Å². The Balaban J connectivity index is 1.53. The summed E-state index contributed by atoms with van der Waals surface area (Å²) in [5.41, 5.74) is 0.163. The van der Waals surface area contributed by atoms with Gasteiger partial charge in [0.25, 0.3) is 0 Å². The van der Waals surface area contributed by atoms with Crippen LogP contribution in [0.15, 0.2) is 30.3 Å². The van der Waals surface area contributed by atoms with Crippen molar-refractivity contribution in [2.24, 2.45) is 0 Å². The summed E-state index contributed by atoms with van der Waals surface area (Å²) in [5.74, 6) is -0.0210. The van der Waals surface area contributed by atoms with Crippen LogP contribution >= 0.6 is 0 Å². The van der Waals surface area contributed by atoms with Crippen LogP contribution in [0.1, 0.15) is 63.9 Å². The number of aliphatic hydroxyl groups is 1. The molecule has 1 saturated heterocycles. The molecule has 2 saturated carbocycles. The van der Waals surface area contributed by atoms with Gasteiger partial charge in [-0.25, -0.2) is 4.79 Å². The van der Waals surface area contributed by atoms with Gasteiger partial charge in [0, 0.05) is 31.6 Å². The van der Waals surface area contributed by atoms with Gasteiger partial charge in [-0.1, -0.05) is 30.3 Å². The monoisotopic (exact) mass is 442 g/mol. The van der Waals surface area contributed by atoms with Gasteiger partial charge in [0.15, 0.2) is 0 Å². The van der Waals surface area contributed by atoms with Crippen molar-refractivity contribution >= 4 is 11.9 Å². The molecule has 0 radical (unpaired) electrons. The van der Waals surface area contributed by atoms with Gasteiger partial charge in [0.2, 0.25) is 5.91 Å². The smallest absolute Gasteiger partial charge is 0.320 e. The number of nitrogens with zero attached hydrogens (tertiary/aromatic N) is 2. The maximum atomic E-state index is 13.5. The average molecular weight is 443 g/mol. The Kier molecular flexibility index (Phi) is 6.50. The molecule has 1 aliphatic heterocycles. The number of urea groups is 1. The predicted octanol–water partition coefficient (Wildman–Crippen LogP) is 2.59. The number of carbonyl (C=O) groups is 2. The largest absolute Gasteiger partial charge is 0.388 e. The van der Waals surface area contributed by atoms with E-state index < -0.39 is 5.60 Å². The molecule has 3 aliphatic rings. The van der Waals surface area contributed by atoms with Crippen molar-refractivity contribution in [1.29, 1.82) is 0 Å². The molecule has 7 heteroatoms. The SMILES string of the molecule is CCNC(=O)CCN1CC2(CCC(NC)(c3ccccc3)CC2)N(CC2(O)CCC2)C1=O. The summed E-state index contributed by atoms with van der Waals surface area (Å²) < 4.78 is 0. The van der Waals surface area contributed by atoms with Crippen molar-refractivity contribution in [3.05, 3.63) is 35.9 Å². The molecule has 1 spiro atoms. The Labute approximate surface area is 191 Å². The molecule has 0 bridgehead atoms. The van der Waals surface area contributed by atoms with Crippen LogP contribution in [0.2, 0.25) is 0 Å². The highest BCUT2D eigenvalue weighted by Gasteiger charge is 2.55. The van der Waals surface area contributed by atoms with Crippen LogP contribution in [0.4, 0.5) is 4.79 Å². The molecule has 2 aliphatic carbocycles. The highest BCUT2D eigenvalue weighted by atomic mass is 16.3. The normalized spacial score (nSPS) is 29.3. The van der Waals surface area contributed by atoms with Gasteiger partial charge in [-0.05, 0) is 64.5 Å². The number of hydrogen-bond acceptors (Lipinski definition) is 4. The maximum Gasteiger partial charge on any atom is 0.320 e. The maximum absolute atomic E-state index is 13.5. The van der Waals surface area contributed by atoms with Crippen LogP contribution in [-0.2, 0) is 10.3 Å². The van der Waals surface area contributed by atoms with Crippen LogP contribution in [-0.4, -0.2) is 71.2 Å². The van der Waals surface area contributed by atoms with E-state index in [1.165, 1.54) is 5.56 Å². The van der Waals surface area contributed by atoms with Crippen LogP contribution in [0, 0.1) is 0 Å². The Morgan fingerprint density at radius 1 is 1.09 bits per heavy atom. The van der Waals surface area contributed by atoms with E-state index in [2.05, 4.69) is 34.9 Å². The van der Waals surface area contributed by atoms with Crippen molar-refractivity contribution in [1.82, 2.24) is 20.4 Å². The third-order valence-electron chi connectivity index (χ3n) is 8.12. The molecule has 0 aromatic heterocycles. The second kappa shape index (κ2) is 9.02. The second-order valence-corrected chi connectivity index (χ2v) is 9.99. The summed E-state index contributed by atoms with van der Waals surface area (Å²) in [6.45, 7) is 3.97. The lowest BCUT2D eigenvalue weighted by Crippen LogP contribution is -2.59. The summed E-state index contributed by atoms with van der Waals surface area (Å²) in [4.78, 5) is 29.3. The van der Waals surface area contributed by atoms with E-state index in [1.807, 2.05) is 29.8 Å². The van der Waals surface area contributed by atoms with E-state index in [1.54, 1.807) is 0 Å². The zero-order chi connectivity index (χ0) is 22.8. The molecule has 1 heterocycles. The van der Waals surface area contributed by atoms with Crippen molar-refractivity contribution in [3.63, 3.8) is 0 Å². The lowest BCUT2D eigenvalue weighted by Gasteiger charge is -2.50. The summed E-state index contributed by atoms with van der Waals surface area (Å²) >= 11 is 0. The van der Waals surface area contributed by atoms with Gasteiger partial charge in [0.05, 0.1) is 17.7 Å². The lowest BCUT2D eigenvalue weighted by atomic mass is 9.68. The van der Waals surface area contributed by atoms with Crippen molar-refractivity contribution in [3.8, 4) is 0 Å². The van der Waals surface area contributed by atoms with Crippen molar-refractivity contribution in [2.45, 2.75) is 75.0 Å². The summed E-state index contributed by atoms with van der Waals surface area (Å²) in [7, 11) is 2.03. The van der Waals surface area contributed by atoms with Crippen molar-refractivity contribution < 1.29 is 14.7 Å². The fourth-order valence-corrected chi connectivity index (χ4v) is 5.86. The van der Waals surface area contributed by atoms with Crippen molar-refractivity contribution in [2.75, 3.05) is 33.2 Å². The molecule has 32 heavy (non-hydrogen) atoms. The first kappa shape index (κ1) is 23.1. The van der Waals surface area contributed by atoms with Crippen LogP contribution in [0.3, 0.4) is 0 Å². The summed E-state index contributed by atoms with van der Waals surface area (Å²) in [6.07, 6.45) is 6.47. The molecular weight excluding hydrogens is 404 g/mol. The zero-order valence-electron chi connectivity index (χ0n) is 19.5. The van der Waals surface area contributed by atoms with Crippen LogP contribution in [0.5, 0.6) is 0 Å². The molecule has 176 valence electrons. The quantitative estimate of drug-likeness (QED) is 0.578. The third-order valence-corrected chi connectivity index (χ3v) is 8.12. The van der Waals surface area contributed by atoms with E-state index in [0.29, 0.717) is 32.6 Å². The molecule has 1 aromatic rings. The predicted molar refractivity (Wildman–Crippen MR) is 124 cm³/mol. The first-order chi connectivity index (χ1) is 15.4. The highest BCUT2D eigenvalue weighted by molar-refractivity contribution is 5.80. The molecule has 3 fully saturated rings. The minimum Gasteiger partial charge on any atom is -0.388 e. The molecule has 1 aromatic carbocycles. The Morgan fingerprint density at radius 3 is 2.34 bits per heavy atom. The van der Waals surface area contributed by atoms with Gasteiger partial charge < -0.3 is 25.5 Å². The Morgan fingerprint density at radius 2 is 1.78 bits per heavy atom. The fourth-order valence-electron chi connectivity index (χ4n) is 5.86. The number of amides is 3. The Hall–Kier alpha value is -2.12. The standard InChI is InChI=1S/C25H38N4O3/c1-3-27-21(30)10-17-28-18-23(29(22(28)31)19-24(32)11-7-12-24)13-15-25(26-2,16-14-23)20-8-5-4-6-9-20/h4-6,8-9,26,32H,3,7,10-19H2,1-2H3,(H,27,30). The molecule has 4 rings (SSSR count). The van der Waals surface area contributed by atoms with E-state index >= 15 is 0 Å². The number of benzene rings is 1. The number of β-amino-alcohol motifs (C(OH)–C–C–N with tert-alkyl or cyclic N) is 1. The molecule has 0 atom stereocenters. The summed E-state index contributed by atoms with van der Waals surface area (Å²) in [6, 6.07) is 10.6.